The van der Waals surface area contributed by atoms with Gasteiger partial charge < -0.3 is 40.3 Å². The lowest BCUT2D eigenvalue weighted by Gasteiger charge is -2.38. The molecule has 2 aliphatic rings. The van der Waals surface area contributed by atoms with Gasteiger partial charge in [-0.25, -0.2) is 19.4 Å². The van der Waals surface area contributed by atoms with Gasteiger partial charge in [-0.3, -0.25) is 19.7 Å². The van der Waals surface area contributed by atoms with Gasteiger partial charge in [-0.15, -0.1) is 11.3 Å². The van der Waals surface area contributed by atoms with Crippen LogP contribution in [0.3, 0.4) is 0 Å². The Hall–Kier alpha value is -4.48. The summed E-state index contributed by atoms with van der Waals surface area (Å²) in [4.78, 5) is 86.0. The van der Waals surface area contributed by atoms with Gasteiger partial charge in [-0.2, -0.15) is 0 Å². The summed E-state index contributed by atoms with van der Waals surface area (Å²) in [6.45, 7) is 18.4. The van der Waals surface area contributed by atoms with Crippen molar-refractivity contribution in [2.24, 2.45) is 11.1 Å². The molecule has 5 N–H and O–H groups in total. The van der Waals surface area contributed by atoms with E-state index in [1.54, 1.807) is 62.3 Å². The summed E-state index contributed by atoms with van der Waals surface area (Å²) in [7, 11) is 0. The molecule has 0 bridgehead atoms. The van der Waals surface area contributed by atoms with E-state index in [1.165, 1.54) is 19.2 Å². The molecule has 17 nitrogen and oxygen atoms in total. The lowest BCUT2D eigenvalue weighted by atomic mass is 9.87. The highest BCUT2D eigenvalue weighted by Crippen LogP contribution is 2.26. The molecule has 1 aromatic heterocycles. The van der Waals surface area contributed by atoms with Gasteiger partial charge in [-0.05, 0) is 89.0 Å². The standard InChI is InChI=1S/C32H49N7O10S/c1-29(2,3)46-25(43)32(10,11)49-39-21(19-15-50-26(36-19)38-28(45)48-31(7,8)9)24(42)37-20-18(35-23(20)41)13-16-12-17(34-22(16)40)14-33-27(44)47-30(4,5)6/h15-18,20H,12-14H2,1-11H3,(H,33,44)(H,34,40)(H,35,41)(H,37,42)(H,36,38,45)/b39-21-/t16-,17?,18+,20-/m0/s1. The Morgan fingerprint density at radius 1 is 0.880 bits per heavy atom. The number of esters is 1. The van der Waals surface area contributed by atoms with Crippen molar-refractivity contribution in [2.75, 3.05) is 11.9 Å². The third kappa shape index (κ3) is 12.1. The van der Waals surface area contributed by atoms with Crippen LogP contribution in [-0.4, -0.2) is 93.6 Å². The Kier molecular flexibility index (Phi) is 12.1. The monoisotopic (exact) mass is 723 g/mol. The molecule has 3 heterocycles. The molecule has 278 valence electrons. The number of carbonyl (C=O) groups excluding carboxylic acids is 6. The summed E-state index contributed by atoms with van der Waals surface area (Å²) in [6.07, 6.45) is -0.779. The van der Waals surface area contributed by atoms with E-state index in [1.807, 2.05) is 0 Å². The van der Waals surface area contributed by atoms with E-state index in [9.17, 15) is 28.8 Å². The molecule has 1 unspecified atom stereocenters. The number of ether oxygens (including phenoxy) is 3. The molecule has 0 aliphatic carbocycles. The minimum atomic E-state index is -1.63. The first-order valence-corrected chi connectivity index (χ1v) is 17.0. The predicted octanol–water partition coefficient (Wildman–Crippen LogP) is 2.73. The maximum absolute atomic E-state index is 13.7. The predicted molar refractivity (Wildman–Crippen MR) is 182 cm³/mol. The van der Waals surface area contributed by atoms with E-state index in [4.69, 9.17) is 19.0 Å². The van der Waals surface area contributed by atoms with E-state index in [2.05, 4.69) is 36.7 Å². The Morgan fingerprint density at radius 3 is 2.06 bits per heavy atom. The number of oxime groups is 1. The molecule has 2 aliphatic heterocycles. The maximum Gasteiger partial charge on any atom is 0.413 e. The highest BCUT2D eigenvalue weighted by Gasteiger charge is 2.45. The molecular weight excluding hydrogens is 674 g/mol. The molecule has 18 heteroatoms. The van der Waals surface area contributed by atoms with E-state index >= 15 is 0 Å². The number of aromatic nitrogens is 1. The fourth-order valence-corrected chi connectivity index (χ4v) is 5.32. The van der Waals surface area contributed by atoms with E-state index < -0.39 is 70.4 Å². The lowest BCUT2D eigenvalue weighted by molar-refractivity contribution is -0.179. The zero-order chi connectivity index (χ0) is 37.8. The second-order valence-corrected chi connectivity index (χ2v) is 16.4. The molecule has 50 heavy (non-hydrogen) atoms. The molecule has 2 saturated heterocycles. The van der Waals surface area contributed by atoms with Crippen LogP contribution < -0.4 is 26.6 Å². The third-order valence-corrected chi connectivity index (χ3v) is 7.60. The second kappa shape index (κ2) is 15.2. The molecule has 0 radical (unpaired) electrons. The van der Waals surface area contributed by atoms with Gasteiger partial charge in [0.25, 0.3) is 5.91 Å². The maximum atomic E-state index is 13.7. The zero-order valence-corrected chi connectivity index (χ0v) is 31.2. The number of nitrogens with zero attached hydrogens (tertiary/aromatic N) is 2. The number of rotatable bonds is 11. The molecule has 5 amide bonds. The summed E-state index contributed by atoms with van der Waals surface area (Å²) in [5.74, 6) is -2.84. The average Bonchev–Trinajstić information content (AvgIpc) is 3.53. The van der Waals surface area contributed by atoms with Gasteiger partial charge in [0, 0.05) is 23.9 Å². The van der Waals surface area contributed by atoms with Gasteiger partial charge in [0.1, 0.15) is 28.5 Å². The van der Waals surface area contributed by atoms with E-state index in [0.717, 1.165) is 11.3 Å². The highest BCUT2D eigenvalue weighted by molar-refractivity contribution is 7.14. The Labute approximate surface area is 295 Å². The van der Waals surface area contributed by atoms with Crippen LogP contribution in [-0.2, 0) is 38.2 Å². The van der Waals surface area contributed by atoms with Crippen LogP contribution in [0.2, 0.25) is 0 Å². The van der Waals surface area contributed by atoms with Gasteiger partial charge in [0.05, 0.1) is 6.04 Å². The van der Waals surface area contributed by atoms with Crippen molar-refractivity contribution in [1.82, 2.24) is 26.3 Å². The van der Waals surface area contributed by atoms with Crippen molar-refractivity contribution in [1.29, 1.82) is 0 Å². The molecular formula is C32H49N7O10S. The summed E-state index contributed by atoms with van der Waals surface area (Å²) in [6, 6.07) is -1.97. The number of hydrogen-bond donors (Lipinski definition) is 5. The Morgan fingerprint density at radius 2 is 1.48 bits per heavy atom. The first kappa shape index (κ1) is 40.0. The van der Waals surface area contributed by atoms with Gasteiger partial charge in [0.15, 0.2) is 10.8 Å². The molecule has 2 fully saturated rings. The number of hydrogen-bond acceptors (Lipinski definition) is 13. The first-order chi connectivity index (χ1) is 22.8. The SMILES string of the molecule is CC(C)(C)OC(=O)NCC1C[C@@H](C[C@H]2NC(=O)[C@H]2NC(=O)/C(=N\OC(C)(C)C(=O)OC(C)(C)C)c2csc(NC(=O)OC(C)(C)C)n2)C(=O)N1. The number of amides is 5. The Bertz CT molecular complexity index is 1500. The van der Waals surface area contributed by atoms with Gasteiger partial charge in [-0.1, -0.05) is 5.16 Å². The van der Waals surface area contributed by atoms with Crippen LogP contribution in [0.15, 0.2) is 10.5 Å². The topological polar surface area (TPSA) is 225 Å². The van der Waals surface area contributed by atoms with Gasteiger partial charge >= 0.3 is 18.2 Å². The third-order valence-electron chi connectivity index (χ3n) is 6.84. The van der Waals surface area contributed by atoms with Crippen LogP contribution in [0.5, 0.6) is 0 Å². The van der Waals surface area contributed by atoms with E-state index in [0.29, 0.717) is 6.42 Å². The number of anilines is 1. The minimum Gasteiger partial charge on any atom is -0.457 e. The normalized spacial score (nSPS) is 21.2. The molecule has 0 saturated carbocycles. The number of β-lactam (4-membered cyclic amide) rings is 1. The van der Waals surface area contributed by atoms with Crippen LogP contribution >= 0.6 is 11.3 Å². The van der Waals surface area contributed by atoms with E-state index in [-0.39, 0.29) is 41.5 Å². The number of carbonyl (C=O) groups is 6. The number of thiazole rings is 1. The fourth-order valence-electron chi connectivity index (χ4n) is 4.64. The quantitative estimate of drug-likeness (QED) is 0.0734. The molecule has 0 aromatic carbocycles. The number of nitrogens with one attached hydrogen (secondary N) is 5. The molecule has 1 aromatic rings. The Balaban J connectivity index is 1.74. The fraction of sp³-hybridized carbons (Fsp3) is 0.688. The van der Waals surface area contributed by atoms with Crippen molar-refractivity contribution in [2.45, 2.75) is 130 Å². The molecule has 0 spiro atoms. The summed E-state index contributed by atoms with van der Waals surface area (Å²) in [5, 5.41) is 18.8. The largest absolute Gasteiger partial charge is 0.457 e. The summed E-state index contributed by atoms with van der Waals surface area (Å²) in [5.41, 5.74) is -4.30. The van der Waals surface area contributed by atoms with Crippen LogP contribution in [0.25, 0.3) is 0 Å². The van der Waals surface area contributed by atoms with Crippen LogP contribution in [0.4, 0.5) is 14.7 Å². The lowest BCUT2D eigenvalue weighted by Crippen LogP contribution is -2.70. The van der Waals surface area contributed by atoms with Gasteiger partial charge in [0.2, 0.25) is 17.4 Å². The molecule has 4 atom stereocenters. The van der Waals surface area contributed by atoms with Crippen molar-refractivity contribution in [3.8, 4) is 0 Å². The van der Waals surface area contributed by atoms with Crippen molar-refractivity contribution < 1.29 is 47.8 Å². The summed E-state index contributed by atoms with van der Waals surface area (Å²) >= 11 is 0.978. The van der Waals surface area contributed by atoms with Crippen molar-refractivity contribution in [3.63, 3.8) is 0 Å². The number of alkyl carbamates (subject to hydrolysis) is 1. The van der Waals surface area contributed by atoms with Crippen LogP contribution in [0.1, 0.15) is 94.7 Å². The minimum absolute atomic E-state index is 0.0228. The second-order valence-electron chi connectivity index (χ2n) is 15.5. The van der Waals surface area contributed by atoms with Crippen LogP contribution in [0, 0.1) is 5.92 Å². The zero-order valence-electron chi connectivity index (χ0n) is 30.4. The molecule has 3 rings (SSSR count). The smallest absolute Gasteiger partial charge is 0.413 e. The average molecular weight is 724 g/mol. The van der Waals surface area contributed by atoms with Crippen molar-refractivity contribution in [3.05, 3.63) is 11.1 Å². The first-order valence-electron chi connectivity index (χ1n) is 16.2. The highest BCUT2D eigenvalue weighted by atomic mass is 32.1. The summed E-state index contributed by atoms with van der Waals surface area (Å²) < 4.78 is 15.9. The van der Waals surface area contributed by atoms with Crippen molar-refractivity contribution >= 4 is 58.1 Å².